The van der Waals surface area contributed by atoms with Crippen molar-refractivity contribution in [3.63, 3.8) is 0 Å². The number of methoxy groups -OCH3 is 2. The maximum absolute atomic E-state index is 10.5. The normalized spacial score (nSPS) is 12.7. The van der Waals surface area contributed by atoms with Gasteiger partial charge >= 0.3 is 0 Å². The molecule has 0 unspecified atom stereocenters. The van der Waals surface area contributed by atoms with E-state index in [4.69, 9.17) is 9.47 Å². The van der Waals surface area contributed by atoms with Crippen LogP contribution in [0.25, 0.3) is 0 Å². The van der Waals surface area contributed by atoms with E-state index in [9.17, 15) is 10.2 Å². The van der Waals surface area contributed by atoms with Crippen LogP contribution in [0, 0.1) is 0 Å². The highest BCUT2D eigenvalue weighted by Crippen LogP contribution is 2.59. The van der Waals surface area contributed by atoms with Gasteiger partial charge in [-0.15, -0.1) is 0 Å². The van der Waals surface area contributed by atoms with Gasteiger partial charge in [-0.2, -0.15) is 0 Å². The van der Waals surface area contributed by atoms with Crippen LogP contribution in [0.4, 0.5) is 0 Å². The first-order valence-corrected chi connectivity index (χ1v) is 8.05. The molecule has 4 rings (SSSR count). The Labute approximate surface area is 145 Å². The van der Waals surface area contributed by atoms with Gasteiger partial charge in [-0.3, -0.25) is 4.57 Å². The lowest BCUT2D eigenvalue weighted by Crippen LogP contribution is -2.01. The fraction of sp³-hybridized carbons (Fsp3) is 0.200. The van der Waals surface area contributed by atoms with Crippen LogP contribution in [-0.4, -0.2) is 29.0 Å². The van der Waals surface area contributed by atoms with Gasteiger partial charge in [-0.1, -0.05) is 24.3 Å². The van der Waals surface area contributed by atoms with Crippen LogP contribution in [0.15, 0.2) is 48.5 Å². The molecule has 1 aromatic heterocycles. The lowest BCUT2D eigenvalue weighted by molar-refractivity contribution is 0.369. The van der Waals surface area contributed by atoms with Crippen molar-refractivity contribution in [3.05, 3.63) is 70.8 Å². The summed E-state index contributed by atoms with van der Waals surface area (Å²) in [6.45, 7) is 0.407. The lowest BCUT2D eigenvalue weighted by atomic mass is 10.1. The van der Waals surface area contributed by atoms with Crippen molar-refractivity contribution in [1.29, 1.82) is 0 Å². The molecule has 2 aromatic carbocycles. The number of rotatable bonds is 5. The molecule has 0 atom stereocenters. The molecule has 0 saturated heterocycles. The predicted molar refractivity (Wildman–Crippen MR) is 93.8 cm³/mol. The fourth-order valence-corrected chi connectivity index (χ4v) is 3.31. The highest BCUT2D eigenvalue weighted by atomic mass is 16.5. The minimum absolute atomic E-state index is 0.0296. The largest absolute Gasteiger partial charge is 0.497 e. The van der Waals surface area contributed by atoms with Crippen molar-refractivity contribution in [2.75, 3.05) is 14.2 Å². The van der Waals surface area contributed by atoms with E-state index in [1.165, 1.54) is 4.57 Å². The minimum Gasteiger partial charge on any atom is -0.497 e. The van der Waals surface area contributed by atoms with E-state index in [-0.39, 0.29) is 17.7 Å². The average Bonchev–Trinajstić information content (AvgIpc) is 3.35. The molecule has 5 heteroatoms. The second-order valence-electron chi connectivity index (χ2n) is 6.11. The number of aromatic nitrogens is 1. The predicted octanol–water partition coefficient (Wildman–Crippen LogP) is 3.46. The average molecular weight is 337 g/mol. The number of fused-ring (bicyclic) bond motifs is 1. The highest BCUT2D eigenvalue weighted by molar-refractivity contribution is 5.70. The Morgan fingerprint density at radius 1 is 0.800 bits per heavy atom. The number of hydrogen-bond acceptors (Lipinski definition) is 4. The Kier molecular flexibility index (Phi) is 3.57. The van der Waals surface area contributed by atoms with E-state index in [1.54, 1.807) is 14.2 Å². The molecule has 1 heterocycles. The van der Waals surface area contributed by atoms with Gasteiger partial charge in [0.2, 0.25) is 0 Å². The summed E-state index contributed by atoms with van der Waals surface area (Å²) in [6.07, 6.45) is 0. The lowest BCUT2D eigenvalue weighted by Gasteiger charge is -2.11. The van der Waals surface area contributed by atoms with Gasteiger partial charge in [0.25, 0.3) is 0 Å². The zero-order valence-corrected chi connectivity index (χ0v) is 14.1. The first-order valence-electron chi connectivity index (χ1n) is 8.05. The van der Waals surface area contributed by atoms with E-state index in [1.807, 2.05) is 48.5 Å². The topological polar surface area (TPSA) is 63.9 Å². The maximum atomic E-state index is 10.5. The van der Waals surface area contributed by atoms with Crippen molar-refractivity contribution in [2.45, 2.75) is 12.5 Å². The van der Waals surface area contributed by atoms with Crippen LogP contribution in [-0.2, 0) is 6.54 Å². The van der Waals surface area contributed by atoms with Crippen molar-refractivity contribution in [3.8, 4) is 23.3 Å². The van der Waals surface area contributed by atoms with E-state index < -0.39 is 0 Å². The van der Waals surface area contributed by atoms with Crippen LogP contribution < -0.4 is 9.47 Å². The summed E-state index contributed by atoms with van der Waals surface area (Å²) in [5.41, 5.74) is 3.61. The molecule has 25 heavy (non-hydrogen) atoms. The third-order valence-corrected chi connectivity index (χ3v) is 4.73. The Balaban J connectivity index is 1.58. The zero-order chi connectivity index (χ0) is 17.6. The molecule has 0 aliphatic heterocycles. The Morgan fingerprint density at radius 3 is 1.76 bits per heavy atom. The molecule has 3 aromatic rings. The van der Waals surface area contributed by atoms with Gasteiger partial charge < -0.3 is 19.7 Å². The Bertz CT molecular complexity index is 883. The third kappa shape index (κ3) is 2.48. The smallest absolute Gasteiger partial charge is 0.198 e. The molecule has 0 amide bonds. The van der Waals surface area contributed by atoms with E-state index >= 15 is 0 Å². The molecular formula is C20H19NO4. The number of aromatic hydroxyl groups is 2. The van der Waals surface area contributed by atoms with Gasteiger partial charge in [0.1, 0.15) is 11.5 Å². The summed E-state index contributed by atoms with van der Waals surface area (Å²) >= 11 is 0. The van der Waals surface area contributed by atoms with E-state index in [0.717, 1.165) is 33.8 Å². The molecular weight excluding hydrogens is 318 g/mol. The molecule has 0 radical (unpaired) electrons. The molecule has 0 saturated carbocycles. The minimum atomic E-state index is -0.0296. The van der Waals surface area contributed by atoms with Gasteiger partial charge in [-0.05, 0) is 35.4 Å². The second kappa shape index (κ2) is 5.77. The Morgan fingerprint density at radius 2 is 1.28 bits per heavy atom. The number of nitrogens with zero attached hydrogens (tertiary/aromatic N) is 1. The standard InChI is InChI=1S/C20H19NO4/c1-24-14-7-3-12(4-8-14)11-21-19(22)17-16(18(17)20(21)23)13-5-9-15(25-2)10-6-13/h3-10,16,22-23H,11H2,1-2H3. The summed E-state index contributed by atoms with van der Waals surface area (Å²) in [5.74, 6) is 1.79. The summed E-state index contributed by atoms with van der Waals surface area (Å²) in [5, 5.41) is 21.0. The van der Waals surface area contributed by atoms with Crippen LogP contribution in [0.5, 0.6) is 23.3 Å². The van der Waals surface area contributed by atoms with E-state index in [2.05, 4.69) is 0 Å². The SMILES string of the molecule is COc1ccc(Cn2c(O)c3c(c2O)C3c2ccc(OC)cc2)cc1. The number of ether oxygens (including phenoxy) is 2. The molecule has 0 fully saturated rings. The summed E-state index contributed by atoms with van der Waals surface area (Å²) in [6, 6.07) is 15.2. The van der Waals surface area contributed by atoms with Crippen molar-refractivity contribution in [2.24, 2.45) is 0 Å². The zero-order valence-electron chi connectivity index (χ0n) is 14.1. The van der Waals surface area contributed by atoms with Crippen molar-refractivity contribution >= 4 is 0 Å². The van der Waals surface area contributed by atoms with Crippen molar-refractivity contribution in [1.82, 2.24) is 4.57 Å². The summed E-state index contributed by atoms with van der Waals surface area (Å²) < 4.78 is 11.8. The molecule has 0 bridgehead atoms. The van der Waals surface area contributed by atoms with Gasteiger partial charge in [-0.25, -0.2) is 0 Å². The second-order valence-corrected chi connectivity index (χ2v) is 6.11. The van der Waals surface area contributed by atoms with Gasteiger partial charge in [0, 0.05) is 17.0 Å². The number of hydrogen-bond donors (Lipinski definition) is 2. The van der Waals surface area contributed by atoms with Gasteiger partial charge in [0.15, 0.2) is 11.8 Å². The summed E-state index contributed by atoms with van der Waals surface area (Å²) in [7, 11) is 3.25. The van der Waals surface area contributed by atoms with Crippen LogP contribution in [0.2, 0.25) is 0 Å². The van der Waals surface area contributed by atoms with Crippen LogP contribution in [0.1, 0.15) is 28.2 Å². The molecule has 1 aliphatic rings. The number of benzene rings is 2. The van der Waals surface area contributed by atoms with Crippen LogP contribution in [0.3, 0.4) is 0 Å². The first kappa shape index (κ1) is 15.4. The molecule has 5 nitrogen and oxygen atoms in total. The fourth-order valence-electron chi connectivity index (χ4n) is 3.31. The molecule has 128 valence electrons. The quantitative estimate of drug-likeness (QED) is 0.585. The maximum Gasteiger partial charge on any atom is 0.198 e. The highest BCUT2D eigenvalue weighted by Gasteiger charge is 2.45. The molecule has 1 aliphatic carbocycles. The van der Waals surface area contributed by atoms with Gasteiger partial charge in [0.05, 0.1) is 20.8 Å². The molecule has 2 N–H and O–H groups in total. The molecule has 0 spiro atoms. The Hall–Kier alpha value is -3.08. The monoisotopic (exact) mass is 337 g/mol. The third-order valence-electron chi connectivity index (χ3n) is 4.73. The van der Waals surface area contributed by atoms with Crippen LogP contribution >= 0.6 is 0 Å². The first-order chi connectivity index (χ1) is 12.1. The van der Waals surface area contributed by atoms with Crippen molar-refractivity contribution < 1.29 is 19.7 Å². The summed E-state index contributed by atoms with van der Waals surface area (Å²) in [4.78, 5) is 0. The van der Waals surface area contributed by atoms with E-state index in [0.29, 0.717) is 6.54 Å².